The zero-order chi connectivity index (χ0) is 17.2. The minimum atomic E-state index is 0. The summed E-state index contributed by atoms with van der Waals surface area (Å²) < 4.78 is 10.3. The first-order valence-corrected chi connectivity index (χ1v) is 8.15. The van der Waals surface area contributed by atoms with Crippen LogP contribution in [0, 0.1) is 6.92 Å². The molecule has 7 nitrogen and oxygen atoms in total. The lowest BCUT2D eigenvalue weighted by Gasteiger charge is -2.11. The number of nitrogens with zero attached hydrogens (tertiary/aromatic N) is 3. The first-order valence-electron chi connectivity index (χ1n) is 8.15. The van der Waals surface area contributed by atoms with E-state index in [1.165, 1.54) is 0 Å². The van der Waals surface area contributed by atoms with Crippen molar-refractivity contribution in [3.8, 4) is 5.75 Å². The van der Waals surface area contributed by atoms with Crippen molar-refractivity contribution in [1.29, 1.82) is 0 Å². The third kappa shape index (κ3) is 7.72. The van der Waals surface area contributed by atoms with Crippen LogP contribution >= 0.6 is 24.0 Å². The number of methoxy groups -OCH3 is 1. The topological polar surface area (TPSA) is 84.6 Å². The van der Waals surface area contributed by atoms with Crippen molar-refractivity contribution < 1.29 is 9.26 Å². The Labute approximate surface area is 165 Å². The van der Waals surface area contributed by atoms with E-state index in [1.807, 2.05) is 38.1 Å². The lowest BCUT2D eigenvalue weighted by Crippen LogP contribution is -2.37. The van der Waals surface area contributed by atoms with Gasteiger partial charge in [0.1, 0.15) is 5.75 Å². The molecule has 0 bridgehead atoms. The molecule has 25 heavy (non-hydrogen) atoms. The molecule has 0 unspecified atom stereocenters. The maximum Gasteiger partial charge on any atom is 0.226 e. The van der Waals surface area contributed by atoms with Gasteiger partial charge >= 0.3 is 0 Å². The molecule has 1 heterocycles. The van der Waals surface area contributed by atoms with Crippen LogP contribution in [0.1, 0.15) is 30.6 Å². The normalized spacial score (nSPS) is 10.9. The predicted octanol–water partition coefficient (Wildman–Crippen LogP) is 2.69. The molecule has 0 atom stereocenters. The third-order valence-corrected chi connectivity index (χ3v) is 3.33. The number of rotatable bonds is 8. The van der Waals surface area contributed by atoms with Crippen molar-refractivity contribution in [2.45, 2.75) is 33.2 Å². The van der Waals surface area contributed by atoms with Gasteiger partial charge in [-0.2, -0.15) is 4.98 Å². The third-order valence-electron chi connectivity index (χ3n) is 3.33. The van der Waals surface area contributed by atoms with Gasteiger partial charge in [0.15, 0.2) is 11.8 Å². The molecule has 8 heteroatoms. The number of hydrogen-bond acceptors (Lipinski definition) is 5. The molecule has 2 rings (SSSR count). The van der Waals surface area contributed by atoms with Crippen molar-refractivity contribution in [3.63, 3.8) is 0 Å². The summed E-state index contributed by atoms with van der Waals surface area (Å²) in [6, 6.07) is 7.92. The first-order chi connectivity index (χ1) is 11.7. The molecule has 0 radical (unpaired) electrons. The standard InChI is InChI=1S/C17H25N5O2.HI/c1-4-18-17(19-10-6-9-16-21-13(2)22-24-16)20-12-14-7-5-8-15(11-14)23-3;/h5,7-8,11H,4,6,9-10,12H2,1-3H3,(H2,18,19,20);1H. The number of aryl methyl sites for hydroxylation is 2. The van der Waals surface area contributed by atoms with Gasteiger partial charge in [0.2, 0.25) is 5.89 Å². The molecule has 0 spiro atoms. The van der Waals surface area contributed by atoms with Gasteiger partial charge in [-0.05, 0) is 38.0 Å². The summed E-state index contributed by atoms with van der Waals surface area (Å²) in [5.41, 5.74) is 1.10. The Morgan fingerprint density at radius 2 is 2.16 bits per heavy atom. The van der Waals surface area contributed by atoms with E-state index in [-0.39, 0.29) is 24.0 Å². The van der Waals surface area contributed by atoms with Crippen molar-refractivity contribution in [2.24, 2.45) is 4.99 Å². The van der Waals surface area contributed by atoms with Gasteiger partial charge in [0, 0.05) is 19.5 Å². The van der Waals surface area contributed by atoms with Crippen LogP contribution in [0.3, 0.4) is 0 Å². The SMILES string of the molecule is CCNC(=NCc1cccc(OC)c1)NCCCc1nc(C)no1.I. The summed E-state index contributed by atoms with van der Waals surface area (Å²) in [4.78, 5) is 8.79. The van der Waals surface area contributed by atoms with Crippen LogP contribution in [0.15, 0.2) is 33.8 Å². The minimum absolute atomic E-state index is 0. The number of nitrogens with one attached hydrogen (secondary N) is 2. The second kappa shape index (κ2) is 11.7. The number of hydrogen-bond donors (Lipinski definition) is 2. The molecule has 0 saturated heterocycles. The van der Waals surface area contributed by atoms with E-state index in [0.29, 0.717) is 18.3 Å². The molecule has 2 aromatic rings. The molecule has 1 aromatic carbocycles. The van der Waals surface area contributed by atoms with Gasteiger partial charge in [0.05, 0.1) is 13.7 Å². The van der Waals surface area contributed by atoms with E-state index in [4.69, 9.17) is 9.26 Å². The number of guanidine groups is 1. The fourth-order valence-electron chi connectivity index (χ4n) is 2.17. The van der Waals surface area contributed by atoms with Gasteiger partial charge in [0.25, 0.3) is 0 Å². The summed E-state index contributed by atoms with van der Waals surface area (Å²) in [5.74, 6) is 2.98. The molecule has 0 fully saturated rings. The lowest BCUT2D eigenvalue weighted by molar-refractivity contribution is 0.372. The van der Waals surface area contributed by atoms with Crippen LogP contribution in [0.4, 0.5) is 0 Å². The first kappa shape index (κ1) is 21.2. The summed E-state index contributed by atoms with van der Waals surface area (Å²) >= 11 is 0. The second-order valence-electron chi connectivity index (χ2n) is 5.31. The molecule has 138 valence electrons. The Balaban J connectivity index is 0.00000312. The molecule has 1 aromatic heterocycles. The van der Waals surface area contributed by atoms with Gasteiger partial charge in [-0.1, -0.05) is 17.3 Å². The fraction of sp³-hybridized carbons (Fsp3) is 0.471. The Bertz CT molecular complexity index is 660. The van der Waals surface area contributed by atoms with Gasteiger partial charge in [-0.15, -0.1) is 24.0 Å². The second-order valence-corrected chi connectivity index (χ2v) is 5.31. The zero-order valence-corrected chi connectivity index (χ0v) is 17.2. The van der Waals surface area contributed by atoms with E-state index in [1.54, 1.807) is 7.11 Å². The van der Waals surface area contributed by atoms with Crippen LogP contribution in [0.5, 0.6) is 5.75 Å². The van der Waals surface area contributed by atoms with Crippen LogP contribution in [0.25, 0.3) is 0 Å². The van der Waals surface area contributed by atoms with E-state index in [0.717, 1.165) is 43.2 Å². The highest BCUT2D eigenvalue weighted by Crippen LogP contribution is 2.13. The van der Waals surface area contributed by atoms with Crippen LogP contribution < -0.4 is 15.4 Å². The van der Waals surface area contributed by atoms with E-state index < -0.39 is 0 Å². The molecule has 0 aliphatic rings. The number of ether oxygens (including phenoxy) is 1. The van der Waals surface area contributed by atoms with Gasteiger partial charge < -0.3 is 19.9 Å². The van der Waals surface area contributed by atoms with Gasteiger partial charge in [-0.25, -0.2) is 4.99 Å². The highest BCUT2D eigenvalue weighted by Gasteiger charge is 2.03. The Hall–Kier alpha value is -1.84. The number of halogens is 1. The molecule has 0 amide bonds. The number of benzene rings is 1. The van der Waals surface area contributed by atoms with Crippen LogP contribution in [0.2, 0.25) is 0 Å². The van der Waals surface area contributed by atoms with Crippen LogP contribution in [-0.4, -0.2) is 36.3 Å². The van der Waals surface area contributed by atoms with Crippen molar-refractivity contribution >= 4 is 29.9 Å². The summed E-state index contributed by atoms with van der Waals surface area (Å²) in [6.45, 7) is 6.05. The largest absolute Gasteiger partial charge is 0.497 e. The number of aliphatic imine (C=N–C) groups is 1. The number of aromatic nitrogens is 2. The smallest absolute Gasteiger partial charge is 0.226 e. The monoisotopic (exact) mass is 459 g/mol. The highest BCUT2D eigenvalue weighted by atomic mass is 127. The van der Waals surface area contributed by atoms with E-state index >= 15 is 0 Å². The minimum Gasteiger partial charge on any atom is -0.497 e. The zero-order valence-electron chi connectivity index (χ0n) is 14.9. The van der Waals surface area contributed by atoms with Crippen molar-refractivity contribution in [1.82, 2.24) is 20.8 Å². The van der Waals surface area contributed by atoms with Crippen molar-refractivity contribution in [3.05, 3.63) is 41.5 Å². The summed E-state index contributed by atoms with van der Waals surface area (Å²) in [7, 11) is 1.67. The molecule has 0 saturated carbocycles. The predicted molar refractivity (Wildman–Crippen MR) is 109 cm³/mol. The van der Waals surface area contributed by atoms with E-state index in [2.05, 4.69) is 25.8 Å². The van der Waals surface area contributed by atoms with E-state index in [9.17, 15) is 0 Å². The maximum atomic E-state index is 5.23. The molecule has 0 aliphatic carbocycles. The average Bonchev–Trinajstić information content (AvgIpc) is 3.02. The highest BCUT2D eigenvalue weighted by molar-refractivity contribution is 14.0. The van der Waals surface area contributed by atoms with Crippen molar-refractivity contribution in [2.75, 3.05) is 20.2 Å². The Morgan fingerprint density at radius 3 is 2.84 bits per heavy atom. The molecule has 2 N–H and O–H groups in total. The molecular weight excluding hydrogens is 433 g/mol. The average molecular weight is 459 g/mol. The van der Waals surface area contributed by atoms with Crippen LogP contribution in [-0.2, 0) is 13.0 Å². The lowest BCUT2D eigenvalue weighted by atomic mass is 10.2. The summed E-state index contributed by atoms with van der Waals surface area (Å²) in [6.07, 6.45) is 1.65. The Kier molecular flexibility index (Phi) is 9.90. The fourth-order valence-corrected chi connectivity index (χ4v) is 2.17. The summed E-state index contributed by atoms with van der Waals surface area (Å²) in [5, 5.41) is 10.3. The quantitative estimate of drug-likeness (QED) is 0.273. The molecular formula is C17H26IN5O2. The molecule has 0 aliphatic heterocycles. The Morgan fingerprint density at radius 1 is 1.32 bits per heavy atom. The van der Waals surface area contributed by atoms with Gasteiger partial charge in [-0.3, -0.25) is 0 Å². The maximum absolute atomic E-state index is 5.23.